The van der Waals surface area contributed by atoms with E-state index in [9.17, 15) is 13.6 Å². The maximum atomic E-state index is 14.2. The zero-order valence-electron chi connectivity index (χ0n) is 14.7. The summed E-state index contributed by atoms with van der Waals surface area (Å²) >= 11 is 0. The van der Waals surface area contributed by atoms with Crippen molar-refractivity contribution in [2.75, 3.05) is 6.61 Å². The van der Waals surface area contributed by atoms with Gasteiger partial charge in [-0.1, -0.05) is 24.3 Å². The molecule has 0 saturated carbocycles. The van der Waals surface area contributed by atoms with Gasteiger partial charge in [0.05, 0.1) is 13.0 Å². The van der Waals surface area contributed by atoms with Crippen LogP contribution in [0, 0.1) is 19.7 Å². The van der Waals surface area contributed by atoms with Gasteiger partial charge in [0.15, 0.2) is 0 Å². The average Bonchev–Trinajstić information content (AvgIpc) is 2.49. The third-order valence-corrected chi connectivity index (χ3v) is 3.48. The predicted molar refractivity (Wildman–Crippen MR) is 93.7 cm³/mol. The standard InChI is InChI=1S/C20H24F2O2/c1-6-24-19(23)10-8-17(21)12-16(11-13(2)3)20-14(4)7-9-18(22)15(20)5/h7,9,11-12H,2,6,8,10H2,1,3-5H3/b16-11+,17-12-. The molecule has 0 heterocycles. The van der Waals surface area contributed by atoms with Crippen LogP contribution < -0.4 is 0 Å². The van der Waals surface area contributed by atoms with Gasteiger partial charge in [0.2, 0.25) is 0 Å². The molecule has 0 unspecified atom stereocenters. The molecule has 0 bridgehead atoms. The molecule has 130 valence electrons. The van der Waals surface area contributed by atoms with Crippen molar-refractivity contribution >= 4 is 11.5 Å². The van der Waals surface area contributed by atoms with Gasteiger partial charge in [-0.05, 0) is 62.1 Å². The summed E-state index contributed by atoms with van der Waals surface area (Å²) in [5.41, 5.74) is 3.21. The topological polar surface area (TPSA) is 26.3 Å². The highest BCUT2D eigenvalue weighted by Gasteiger charge is 2.12. The monoisotopic (exact) mass is 334 g/mol. The first-order valence-corrected chi connectivity index (χ1v) is 7.91. The van der Waals surface area contributed by atoms with Crippen molar-refractivity contribution in [3.05, 3.63) is 64.8 Å². The summed E-state index contributed by atoms with van der Waals surface area (Å²) in [5, 5.41) is 0. The zero-order chi connectivity index (χ0) is 18.3. The number of hydrogen-bond acceptors (Lipinski definition) is 2. The fourth-order valence-electron chi connectivity index (χ4n) is 2.41. The number of aryl methyl sites for hydroxylation is 1. The van der Waals surface area contributed by atoms with Crippen LogP contribution in [0.2, 0.25) is 0 Å². The fourth-order valence-corrected chi connectivity index (χ4v) is 2.41. The molecule has 1 aromatic carbocycles. The van der Waals surface area contributed by atoms with Crippen LogP contribution in [-0.2, 0) is 9.53 Å². The van der Waals surface area contributed by atoms with Crippen LogP contribution in [-0.4, -0.2) is 12.6 Å². The van der Waals surface area contributed by atoms with Crippen molar-refractivity contribution in [1.29, 1.82) is 0 Å². The molecule has 0 aliphatic rings. The van der Waals surface area contributed by atoms with E-state index in [1.807, 2.05) is 6.92 Å². The van der Waals surface area contributed by atoms with Crippen molar-refractivity contribution in [3.63, 3.8) is 0 Å². The molecule has 0 aliphatic heterocycles. The Morgan fingerprint density at radius 1 is 1.25 bits per heavy atom. The molecule has 1 rings (SSSR count). The van der Waals surface area contributed by atoms with Crippen LogP contribution in [0.5, 0.6) is 0 Å². The molecule has 0 saturated heterocycles. The number of halogens is 2. The van der Waals surface area contributed by atoms with E-state index in [1.165, 1.54) is 12.1 Å². The van der Waals surface area contributed by atoms with Crippen LogP contribution in [0.1, 0.15) is 43.4 Å². The Labute approximate surface area is 142 Å². The Bertz CT molecular complexity index is 685. The summed E-state index contributed by atoms with van der Waals surface area (Å²) in [4.78, 5) is 11.3. The highest BCUT2D eigenvalue weighted by Crippen LogP contribution is 2.29. The molecule has 24 heavy (non-hydrogen) atoms. The van der Waals surface area contributed by atoms with Gasteiger partial charge in [0.1, 0.15) is 11.6 Å². The van der Waals surface area contributed by atoms with Gasteiger partial charge in [-0.15, -0.1) is 0 Å². The van der Waals surface area contributed by atoms with Gasteiger partial charge in [0.25, 0.3) is 0 Å². The van der Waals surface area contributed by atoms with Crippen molar-refractivity contribution < 1.29 is 18.3 Å². The Morgan fingerprint density at radius 2 is 1.92 bits per heavy atom. The minimum absolute atomic E-state index is 0.0301. The molecule has 0 N–H and O–H groups in total. The summed E-state index contributed by atoms with van der Waals surface area (Å²) in [6.45, 7) is 11.1. The quantitative estimate of drug-likeness (QED) is 0.479. The van der Waals surface area contributed by atoms with E-state index in [0.717, 1.165) is 11.1 Å². The van der Waals surface area contributed by atoms with E-state index in [0.29, 0.717) is 16.7 Å². The number of rotatable bonds is 7. The van der Waals surface area contributed by atoms with Gasteiger partial charge in [-0.3, -0.25) is 4.79 Å². The lowest BCUT2D eigenvalue weighted by atomic mass is 9.93. The van der Waals surface area contributed by atoms with Crippen LogP contribution in [0.4, 0.5) is 8.78 Å². The lowest BCUT2D eigenvalue weighted by molar-refractivity contribution is -0.143. The van der Waals surface area contributed by atoms with Crippen molar-refractivity contribution in [2.45, 2.75) is 40.5 Å². The number of hydrogen-bond donors (Lipinski definition) is 0. The molecule has 0 atom stereocenters. The summed E-state index contributed by atoms with van der Waals surface area (Å²) in [5.74, 6) is -1.24. The third kappa shape index (κ3) is 5.76. The molecular formula is C20H24F2O2. The lowest BCUT2D eigenvalue weighted by Gasteiger charge is -2.13. The van der Waals surface area contributed by atoms with Crippen LogP contribution in [0.25, 0.3) is 5.57 Å². The molecule has 0 fully saturated rings. The van der Waals surface area contributed by atoms with E-state index in [1.54, 1.807) is 32.9 Å². The number of esters is 1. The molecule has 0 amide bonds. The molecule has 1 aromatic rings. The van der Waals surface area contributed by atoms with Crippen molar-refractivity contribution in [3.8, 4) is 0 Å². The number of ether oxygens (including phenoxy) is 1. The Balaban J connectivity index is 3.17. The summed E-state index contributed by atoms with van der Waals surface area (Å²) < 4.78 is 32.9. The van der Waals surface area contributed by atoms with Gasteiger partial charge < -0.3 is 4.74 Å². The number of allylic oxidation sites excluding steroid dienone is 5. The Morgan fingerprint density at radius 3 is 2.50 bits per heavy atom. The first-order chi connectivity index (χ1) is 11.3. The van der Waals surface area contributed by atoms with Crippen LogP contribution in [0.3, 0.4) is 0 Å². The second kappa shape index (κ2) is 9.16. The number of carbonyl (C=O) groups is 1. The minimum Gasteiger partial charge on any atom is -0.466 e. The van der Waals surface area contributed by atoms with E-state index >= 15 is 0 Å². The zero-order valence-corrected chi connectivity index (χ0v) is 14.7. The smallest absolute Gasteiger partial charge is 0.306 e. The second-order valence-electron chi connectivity index (χ2n) is 5.71. The highest BCUT2D eigenvalue weighted by molar-refractivity contribution is 5.80. The van der Waals surface area contributed by atoms with Crippen molar-refractivity contribution in [2.24, 2.45) is 0 Å². The maximum absolute atomic E-state index is 14.2. The SMILES string of the molecule is C=C(C)/C=C(\C=C(/F)CCC(=O)OCC)c1c(C)ccc(F)c1C. The first-order valence-electron chi connectivity index (χ1n) is 7.91. The molecule has 4 heteroatoms. The Kier molecular flexibility index (Phi) is 7.56. The fraction of sp³-hybridized carbons (Fsp3) is 0.350. The molecule has 0 spiro atoms. The molecule has 0 radical (unpaired) electrons. The first kappa shape index (κ1) is 19.8. The van der Waals surface area contributed by atoms with Gasteiger partial charge in [-0.25, -0.2) is 8.78 Å². The summed E-state index contributed by atoms with van der Waals surface area (Å²) in [6, 6.07) is 3.06. The number of carbonyl (C=O) groups excluding carboxylic acids is 1. The van der Waals surface area contributed by atoms with Crippen LogP contribution in [0.15, 0.2) is 42.3 Å². The van der Waals surface area contributed by atoms with E-state index < -0.39 is 11.8 Å². The average molecular weight is 334 g/mol. The van der Waals surface area contributed by atoms with Gasteiger partial charge in [-0.2, -0.15) is 0 Å². The summed E-state index contributed by atoms with van der Waals surface area (Å²) in [7, 11) is 0. The minimum atomic E-state index is -0.460. The Hall–Kier alpha value is -2.23. The lowest BCUT2D eigenvalue weighted by Crippen LogP contribution is -2.03. The van der Waals surface area contributed by atoms with Crippen molar-refractivity contribution in [1.82, 2.24) is 0 Å². The normalized spacial score (nSPS) is 12.2. The van der Waals surface area contributed by atoms with E-state index in [-0.39, 0.29) is 25.3 Å². The molecule has 2 nitrogen and oxygen atoms in total. The molecule has 0 aromatic heterocycles. The predicted octanol–water partition coefficient (Wildman–Crippen LogP) is 5.60. The molecular weight excluding hydrogens is 310 g/mol. The molecule has 0 aliphatic carbocycles. The maximum Gasteiger partial charge on any atom is 0.306 e. The summed E-state index contributed by atoms with van der Waals surface area (Å²) in [6.07, 6.45) is 2.96. The second-order valence-corrected chi connectivity index (χ2v) is 5.71. The van der Waals surface area contributed by atoms with E-state index in [2.05, 4.69) is 6.58 Å². The third-order valence-electron chi connectivity index (χ3n) is 3.48. The van der Waals surface area contributed by atoms with Gasteiger partial charge >= 0.3 is 5.97 Å². The number of benzene rings is 1. The highest BCUT2D eigenvalue weighted by atomic mass is 19.1. The largest absolute Gasteiger partial charge is 0.466 e. The van der Waals surface area contributed by atoms with E-state index in [4.69, 9.17) is 4.74 Å². The van der Waals surface area contributed by atoms with Gasteiger partial charge in [0, 0.05) is 6.42 Å². The van der Waals surface area contributed by atoms with Crippen LogP contribution >= 0.6 is 0 Å².